The molecular weight excluding hydrogens is 212 g/mol. The summed E-state index contributed by atoms with van der Waals surface area (Å²) in [6, 6.07) is 0. The van der Waals surface area contributed by atoms with Gasteiger partial charge in [-0.1, -0.05) is 6.08 Å². The number of ether oxygens (including phenoxy) is 3. The molecule has 0 aromatic carbocycles. The largest absolute Gasteiger partial charge is 0.383 e. The van der Waals surface area contributed by atoms with Crippen LogP contribution in [0.2, 0.25) is 0 Å². The summed E-state index contributed by atoms with van der Waals surface area (Å²) in [5, 5.41) is 10.4. The van der Waals surface area contributed by atoms with Gasteiger partial charge in [0.2, 0.25) is 0 Å². The summed E-state index contributed by atoms with van der Waals surface area (Å²) < 4.78 is 16.3. The van der Waals surface area contributed by atoms with Gasteiger partial charge < -0.3 is 24.1 Å². The molecule has 4 atom stereocenters. The van der Waals surface area contributed by atoms with Crippen LogP contribution in [0.4, 0.5) is 0 Å². The third-order valence-electron chi connectivity index (χ3n) is 2.92. The van der Waals surface area contributed by atoms with Gasteiger partial charge in [0.05, 0.1) is 0 Å². The van der Waals surface area contributed by atoms with Gasteiger partial charge in [-0.05, 0) is 20.3 Å². The van der Waals surface area contributed by atoms with Gasteiger partial charge in [0.25, 0.3) is 0 Å². The summed E-state index contributed by atoms with van der Waals surface area (Å²) in [4.78, 5) is 10.9. The smallest absolute Gasteiger partial charge is 0.191 e. The van der Waals surface area contributed by atoms with Crippen LogP contribution in [0.3, 0.4) is 0 Å². The topological polar surface area (TPSA) is 65.0 Å². The standard InChI is InChI=1S/C11H16O5/c1-4-5-11(13)7(6-12)14-9-8(11)15-10(2,3)16-9/h4,6-9,13H,1,5H2,2-3H3/t7-,8+,9-,11-/m1/s1. The fraction of sp³-hybridized carbons (Fsp3) is 0.727. The average molecular weight is 228 g/mol. The molecule has 2 saturated heterocycles. The van der Waals surface area contributed by atoms with Crippen LogP contribution < -0.4 is 0 Å². The van der Waals surface area contributed by atoms with Crippen LogP contribution in [-0.2, 0) is 19.0 Å². The molecule has 90 valence electrons. The molecule has 0 aliphatic carbocycles. The zero-order chi connectivity index (χ0) is 12.0. The molecule has 5 nitrogen and oxygen atoms in total. The van der Waals surface area contributed by atoms with Crippen molar-refractivity contribution in [1.82, 2.24) is 0 Å². The van der Waals surface area contributed by atoms with Crippen molar-refractivity contribution in [2.24, 2.45) is 0 Å². The highest BCUT2D eigenvalue weighted by Crippen LogP contribution is 2.44. The van der Waals surface area contributed by atoms with Crippen molar-refractivity contribution in [2.45, 2.75) is 50.2 Å². The van der Waals surface area contributed by atoms with Crippen molar-refractivity contribution >= 4 is 6.29 Å². The Morgan fingerprint density at radius 2 is 2.12 bits per heavy atom. The van der Waals surface area contributed by atoms with Crippen LogP contribution in [0.1, 0.15) is 20.3 Å². The van der Waals surface area contributed by atoms with Crippen LogP contribution in [0, 0.1) is 0 Å². The maximum absolute atomic E-state index is 10.9. The Morgan fingerprint density at radius 3 is 2.69 bits per heavy atom. The number of aldehydes is 1. The SMILES string of the molecule is C=CC[C@@]1(O)[C@@H](C=O)O[C@@H]2OC(C)(C)O[C@@H]21. The number of carbonyl (C=O) groups is 1. The van der Waals surface area contributed by atoms with E-state index in [1.807, 2.05) is 0 Å². The van der Waals surface area contributed by atoms with Crippen LogP contribution >= 0.6 is 0 Å². The molecule has 16 heavy (non-hydrogen) atoms. The van der Waals surface area contributed by atoms with Gasteiger partial charge in [-0.3, -0.25) is 0 Å². The monoisotopic (exact) mass is 228 g/mol. The molecule has 2 heterocycles. The van der Waals surface area contributed by atoms with E-state index in [4.69, 9.17) is 14.2 Å². The molecule has 0 amide bonds. The van der Waals surface area contributed by atoms with Gasteiger partial charge in [-0.25, -0.2) is 0 Å². The summed E-state index contributed by atoms with van der Waals surface area (Å²) in [5.74, 6) is -0.807. The van der Waals surface area contributed by atoms with Crippen molar-refractivity contribution in [2.75, 3.05) is 0 Å². The Labute approximate surface area is 94.0 Å². The Hall–Kier alpha value is -0.750. The molecule has 0 unspecified atom stereocenters. The van der Waals surface area contributed by atoms with Gasteiger partial charge >= 0.3 is 0 Å². The van der Waals surface area contributed by atoms with E-state index in [0.717, 1.165) is 0 Å². The average Bonchev–Trinajstić information content (AvgIpc) is 2.61. The summed E-state index contributed by atoms with van der Waals surface area (Å²) in [7, 11) is 0. The Balaban J connectivity index is 2.26. The summed E-state index contributed by atoms with van der Waals surface area (Å²) in [6.45, 7) is 7.03. The third kappa shape index (κ3) is 1.60. The first kappa shape index (κ1) is 11.7. The van der Waals surface area contributed by atoms with Crippen molar-refractivity contribution in [3.8, 4) is 0 Å². The molecule has 0 aromatic rings. The Kier molecular flexibility index (Phi) is 2.66. The second-order valence-electron chi connectivity index (χ2n) is 4.60. The van der Waals surface area contributed by atoms with Gasteiger partial charge in [0.1, 0.15) is 17.8 Å². The zero-order valence-electron chi connectivity index (χ0n) is 9.38. The van der Waals surface area contributed by atoms with Crippen LogP contribution in [0.15, 0.2) is 12.7 Å². The molecule has 2 fully saturated rings. The molecule has 0 saturated carbocycles. The van der Waals surface area contributed by atoms with Gasteiger partial charge in [0, 0.05) is 0 Å². The molecule has 0 spiro atoms. The molecule has 0 aromatic heterocycles. The lowest BCUT2D eigenvalue weighted by molar-refractivity contribution is -0.224. The highest BCUT2D eigenvalue weighted by Gasteiger charge is 2.62. The first-order valence-corrected chi connectivity index (χ1v) is 5.22. The Bertz CT molecular complexity index is 313. The van der Waals surface area contributed by atoms with Crippen LogP contribution in [-0.4, -0.2) is 41.3 Å². The predicted molar refractivity (Wildman–Crippen MR) is 54.5 cm³/mol. The lowest BCUT2D eigenvalue weighted by Crippen LogP contribution is -2.49. The minimum absolute atomic E-state index is 0.219. The second-order valence-corrected chi connectivity index (χ2v) is 4.60. The van der Waals surface area contributed by atoms with Gasteiger partial charge in [-0.2, -0.15) is 0 Å². The van der Waals surface area contributed by atoms with E-state index in [2.05, 4.69) is 6.58 Å². The molecule has 0 bridgehead atoms. The highest BCUT2D eigenvalue weighted by atomic mass is 16.8. The molecule has 5 heteroatoms. The van der Waals surface area contributed by atoms with Gasteiger partial charge in [-0.15, -0.1) is 6.58 Å². The molecule has 2 aliphatic rings. The molecular formula is C11H16O5. The number of fused-ring (bicyclic) bond motifs is 1. The van der Waals surface area contributed by atoms with E-state index in [9.17, 15) is 9.90 Å². The molecule has 2 rings (SSSR count). The van der Waals surface area contributed by atoms with E-state index in [0.29, 0.717) is 6.29 Å². The van der Waals surface area contributed by atoms with Crippen LogP contribution in [0.5, 0.6) is 0 Å². The summed E-state index contributed by atoms with van der Waals surface area (Å²) in [5.41, 5.74) is -1.39. The number of hydrogen-bond donors (Lipinski definition) is 1. The van der Waals surface area contributed by atoms with Crippen molar-refractivity contribution in [3.63, 3.8) is 0 Å². The lowest BCUT2D eigenvalue weighted by atomic mass is 9.89. The fourth-order valence-corrected chi connectivity index (χ4v) is 2.21. The fourth-order valence-electron chi connectivity index (χ4n) is 2.21. The molecule has 0 radical (unpaired) electrons. The number of rotatable bonds is 3. The van der Waals surface area contributed by atoms with E-state index in [1.165, 1.54) is 6.08 Å². The quantitative estimate of drug-likeness (QED) is 0.558. The summed E-state index contributed by atoms with van der Waals surface area (Å²) >= 11 is 0. The first-order valence-electron chi connectivity index (χ1n) is 5.22. The predicted octanol–water partition coefficient (Wildman–Crippen LogP) is 0.369. The van der Waals surface area contributed by atoms with Crippen molar-refractivity contribution in [3.05, 3.63) is 12.7 Å². The number of carbonyl (C=O) groups excluding carboxylic acids is 1. The zero-order valence-corrected chi connectivity index (χ0v) is 9.38. The molecule has 1 N–H and O–H groups in total. The lowest BCUT2D eigenvalue weighted by Gasteiger charge is -2.30. The van der Waals surface area contributed by atoms with Crippen molar-refractivity contribution in [1.29, 1.82) is 0 Å². The van der Waals surface area contributed by atoms with Gasteiger partial charge in [0.15, 0.2) is 18.4 Å². The Morgan fingerprint density at radius 1 is 1.44 bits per heavy atom. The maximum atomic E-state index is 10.9. The molecule has 2 aliphatic heterocycles. The van der Waals surface area contributed by atoms with E-state index in [1.54, 1.807) is 13.8 Å². The second kappa shape index (κ2) is 3.63. The van der Waals surface area contributed by atoms with E-state index in [-0.39, 0.29) is 6.42 Å². The minimum Gasteiger partial charge on any atom is -0.383 e. The minimum atomic E-state index is -1.39. The maximum Gasteiger partial charge on any atom is 0.191 e. The number of hydrogen-bond acceptors (Lipinski definition) is 5. The third-order valence-corrected chi connectivity index (χ3v) is 2.92. The number of aliphatic hydroxyl groups is 1. The van der Waals surface area contributed by atoms with E-state index < -0.39 is 29.9 Å². The van der Waals surface area contributed by atoms with E-state index >= 15 is 0 Å². The van der Waals surface area contributed by atoms with Crippen LogP contribution in [0.25, 0.3) is 0 Å². The summed E-state index contributed by atoms with van der Waals surface area (Å²) in [6.07, 6.45) is 0.0394. The van der Waals surface area contributed by atoms with Crippen molar-refractivity contribution < 1.29 is 24.1 Å². The highest BCUT2D eigenvalue weighted by molar-refractivity contribution is 5.60. The normalized spacial score (nSPS) is 45.3. The first-order chi connectivity index (χ1) is 7.43.